The van der Waals surface area contributed by atoms with Crippen molar-refractivity contribution in [2.75, 3.05) is 5.75 Å². The van der Waals surface area contributed by atoms with Gasteiger partial charge in [-0.05, 0) is 106 Å². The maximum Gasteiger partial charge on any atom is 0.313 e. The fourth-order valence-corrected chi connectivity index (χ4v) is 6.46. The molecule has 0 saturated carbocycles. The van der Waals surface area contributed by atoms with Crippen LogP contribution in [0.2, 0.25) is 5.02 Å². The first-order chi connectivity index (χ1) is 19.9. The van der Waals surface area contributed by atoms with Crippen molar-refractivity contribution < 1.29 is 15.0 Å². The van der Waals surface area contributed by atoms with Crippen LogP contribution in [0.1, 0.15) is 80.2 Å². The molecule has 0 spiro atoms. The molecule has 0 fully saturated rings. The van der Waals surface area contributed by atoms with Crippen LogP contribution in [-0.4, -0.2) is 32.5 Å². The van der Waals surface area contributed by atoms with Crippen molar-refractivity contribution in [1.82, 2.24) is 4.98 Å². The highest BCUT2D eigenvalue weighted by atomic mass is 35.5. The van der Waals surface area contributed by atoms with Gasteiger partial charge in [0.05, 0.1) is 22.2 Å². The zero-order valence-electron chi connectivity index (χ0n) is 24.8. The average molecular weight is 602 g/mol. The Hall–Kier alpha value is -3.12. The second kappa shape index (κ2) is 13.9. The number of carboxylic acids is 1. The van der Waals surface area contributed by atoms with Gasteiger partial charge < -0.3 is 10.2 Å². The number of benzene rings is 3. The van der Waals surface area contributed by atoms with Gasteiger partial charge in [-0.25, -0.2) is 4.98 Å². The predicted octanol–water partition coefficient (Wildman–Crippen LogP) is 9.38. The Labute approximate surface area is 258 Å². The largest absolute Gasteiger partial charge is 0.481 e. The highest BCUT2D eigenvalue weighted by Gasteiger charge is 2.31. The van der Waals surface area contributed by atoms with Crippen LogP contribution in [0.4, 0.5) is 0 Å². The van der Waals surface area contributed by atoms with Crippen LogP contribution in [0.15, 0.2) is 78.9 Å². The molecular weight excluding hydrogens is 562 g/mol. The standard InChI is InChI=1S/C36H40ClNO3S/c1-35(2,41)21-8-22-42-33(20-16-26-10-5-6-12-31(26)36(3,4)34(39)40)28-11-7-9-25(23-28)13-18-30-19-15-27-14-17-29(37)24-32(27)38-30/h5-7,9-15,17-19,23-24,33,41H,8,16,20-22H2,1-4H3,(H,39,40)/t33-/m0/s1. The molecule has 3 aromatic carbocycles. The zero-order chi connectivity index (χ0) is 30.3. The second-order valence-corrected chi connectivity index (χ2v) is 13.7. The molecule has 42 heavy (non-hydrogen) atoms. The molecule has 0 aliphatic carbocycles. The number of halogens is 1. The lowest BCUT2D eigenvalue weighted by Gasteiger charge is -2.25. The number of aromatic nitrogens is 1. The predicted molar refractivity (Wildman–Crippen MR) is 178 cm³/mol. The van der Waals surface area contributed by atoms with E-state index in [1.807, 2.05) is 74.1 Å². The summed E-state index contributed by atoms with van der Waals surface area (Å²) in [4.78, 5) is 16.8. The van der Waals surface area contributed by atoms with Crippen LogP contribution in [0.25, 0.3) is 23.1 Å². The molecule has 1 aromatic heterocycles. The van der Waals surface area contributed by atoms with Crippen LogP contribution in [-0.2, 0) is 16.6 Å². The van der Waals surface area contributed by atoms with Gasteiger partial charge >= 0.3 is 5.97 Å². The minimum atomic E-state index is -0.960. The van der Waals surface area contributed by atoms with E-state index in [-0.39, 0.29) is 5.25 Å². The van der Waals surface area contributed by atoms with Crippen molar-refractivity contribution >= 4 is 52.4 Å². The first kappa shape index (κ1) is 31.8. The van der Waals surface area contributed by atoms with Crippen molar-refractivity contribution in [3.05, 3.63) is 112 Å². The Morgan fingerprint density at radius 2 is 1.74 bits per heavy atom. The van der Waals surface area contributed by atoms with E-state index in [0.717, 1.165) is 64.7 Å². The van der Waals surface area contributed by atoms with Gasteiger partial charge in [0.25, 0.3) is 0 Å². The number of fused-ring (bicyclic) bond motifs is 1. The molecule has 0 radical (unpaired) electrons. The lowest BCUT2D eigenvalue weighted by atomic mass is 9.80. The molecule has 4 aromatic rings. The number of carboxylic acid groups (broad SMARTS) is 1. The maximum absolute atomic E-state index is 12.0. The highest BCUT2D eigenvalue weighted by molar-refractivity contribution is 7.99. The number of rotatable bonds is 13. The summed E-state index contributed by atoms with van der Waals surface area (Å²) in [6, 6.07) is 26.3. The maximum atomic E-state index is 12.0. The molecular formula is C36H40ClNO3S. The number of thioether (sulfide) groups is 1. The van der Waals surface area contributed by atoms with Crippen molar-refractivity contribution in [2.24, 2.45) is 0 Å². The minimum absolute atomic E-state index is 0.224. The number of hydrogen-bond acceptors (Lipinski definition) is 4. The molecule has 4 rings (SSSR count). The fourth-order valence-electron chi connectivity index (χ4n) is 5.07. The molecule has 4 nitrogen and oxygen atoms in total. The molecule has 6 heteroatoms. The van der Waals surface area contributed by atoms with Gasteiger partial charge in [-0.1, -0.05) is 78.3 Å². The molecule has 0 amide bonds. The van der Waals surface area contributed by atoms with Crippen LogP contribution in [0.3, 0.4) is 0 Å². The first-order valence-corrected chi connectivity index (χ1v) is 15.9. The average Bonchev–Trinajstić information content (AvgIpc) is 2.95. The summed E-state index contributed by atoms with van der Waals surface area (Å²) in [5.41, 5.74) is 4.36. The van der Waals surface area contributed by atoms with E-state index in [0.29, 0.717) is 5.02 Å². The van der Waals surface area contributed by atoms with Crippen molar-refractivity contribution in [3.63, 3.8) is 0 Å². The summed E-state index contributed by atoms with van der Waals surface area (Å²) >= 11 is 8.07. The van der Waals surface area contributed by atoms with E-state index < -0.39 is 17.0 Å². The van der Waals surface area contributed by atoms with Gasteiger partial charge in [0.1, 0.15) is 0 Å². The molecule has 1 heterocycles. The van der Waals surface area contributed by atoms with E-state index in [9.17, 15) is 15.0 Å². The SMILES string of the molecule is CC(C)(O)CCCS[C@@H](CCc1ccccc1C(C)(C)C(=O)O)c1cccc(C=Cc2ccc3ccc(Cl)cc3n2)c1. The Kier molecular flexibility index (Phi) is 10.5. The number of carbonyl (C=O) groups is 1. The Balaban J connectivity index is 1.55. The van der Waals surface area contributed by atoms with Gasteiger partial charge in [0.15, 0.2) is 0 Å². The first-order valence-electron chi connectivity index (χ1n) is 14.4. The van der Waals surface area contributed by atoms with Crippen LogP contribution < -0.4 is 0 Å². The summed E-state index contributed by atoms with van der Waals surface area (Å²) in [5, 5.41) is 22.0. The summed E-state index contributed by atoms with van der Waals surface area (Å²) in [6.07, 6.45) is 7.43. The third kappa shape index (κ3) is 8.70. The molecule has 0 aliphatic rings. The molecule has 0 aliphatic heterocycles. The number of nitrogens with zero attached hydrogens (tertiary/aromatic N) is 1. The number of hydrogen-bond donors (Lipinski definition) is 2. The number of aryl methyl sites for hydroxylation is 1. The second-order valence-electron chi connectivity index (χ2n) is 12.0. The van der Waals surface area contributed by atoms with E-state index in [1.165, 1.54) is 5.56 Å². The molecule has 0 saturated heterocycles. The van der Waals surface area contributed by atoms with E-state index in [4.69, 9.17) is 16.6 Å². The minimum Gasteiger partial charge on any atom is -0.481 e. The Morgan fingerprint density at radius 3 is 2.50 bits per heavy atom. The number of aliphatic carboxylic acids is 1. The quantitative estimate of drug-likeness (QED) is 0.149. The summed E-state index contributed by atoms with van der Waals surface area (Å²) in [5.74, 6) is 0.108. The number of pyridine rings is 1. The van der Waals surface area contributed by atoms with Gasteiger partial charge in [0.2, 0.25) is 0 Å². The Bertz CT molecular complexity index is 1560. The number of aliphatic hydroxyl groups is 1. The van der Waals surface area contributed by atoms with Gasteiger partial charge in [-0.3, -0.25) is 4.79 Å². The molecule has 0 unspecified atom stereocenters. The van der Waals surface area contributed by atoms with Gasteiger partial charge in [0, 0.05) is 15.7 Å². The van der Waals surface area contributed by atoms with Crippen LogP contribution >= 0.6 is 23.4 Å². The monoisotopic (exact) mass is 601 g/mol. The van der Waals surface area contributed by atoms with Gasteiger partial charge in [-0.15, -0.1) is 0 Å². The normalized spacial score (nSPS) is 13.1. The summed E-state index contributed by atoms with van der Waals surface area (Å²) in [6.45, 7) is 7.24. The van der Waals surface area contributed by atoms with E-state index in [1.54, 1.807) is 13.8 Å². The van der Waals surface area contributed by atoms with Crippen molar-refractivity contribution in [3.8, 4) is 0 Å². The molecule has 1 atom stereocenters. The smallest absolute Gasteiger partial charge is 0.313 e. The van der Waals surface area contributed by atoms with Crippen molar-refractivity contribution in [2.45, 2.75) is 69.6 Å². The third-order valence-electron chi connectivity index (χ3n) is 7.56. The fraction of sp³-hybridized carbons (Fsp3) is 0.333. The lowest BCUT2D eigenvalue weighted by molar-refractivity contribution is -0.142. The third-order valence-corrected chi connectivity index (χ3v) is 9.23. The molecule has 220 valence electrons. The topological polar surface area (TPSA) is 70.4 Å². The lowest BCUT2D eigenvalue weighted by Crippen LogP contribution is -2.29. The highest BCUT2D eigenvalue weighted by Crippen LogP contribution is 2.37. The van der Waals surface area contributed by atoms with Crippen molar-refractivity contribution in [1.29, 1.82) is 0 Å². The molecule has 2 N–H and O–H groups in total. The zero-order valence-corrected chi connectivity index (χ0v) is 26.4. The van der Waals surface area contributed by atoms with E-state index in [2.05, 4.69) is 42.5 Å². The Morgan fingerprint density at radius 1 is 0.976 bits per heavy atom. The molecule has 0 bridgehead atoms. The summed E-state index contributed by atoms with van der Waals surface area (Å²) < 4.78 is 0. The van der Waals surface area contributed by atoms with Gasteiger partial charge in [-0.2, -0.15) is 11.8 Å². The van der Waals surface area contributed by atoms with E-state index >= 15 is 0 Å². The van der Waals surface area contributed by atoms with Crippen LogP contribution in [0.5, 0.6) is 0 Å². The summed E-state index contributed by atoms with van der Waals surface area (Å²) in [7, 11) is 0. The van der Waals surface area contributed by atoms with Crippen LogP contribution in [0, 0.1) is 0 Å².